The third-order valence-corrected chi connectivity index (χ3v) is 4.83. The molecule has 3 rings (SSSR count). The molecule has 0 fully saturated rings. The molecule has 21 heavy (non-hydrogen) atoms. The quantitative estimate of drug-likeness (QED) is 0.866. The van der Waals surface area contributed by atoms with Gasteiger partial charge in [0.2, 0.25) is 0 Å². The molecule has 2 atom stereocenters. The van der Waals surface area contributed by atoms with Crippen molar-refractivity contribution >= 4 is 0 Å². The van der Waals surface area contributed by atoms with E-state index in [4.69, 9.17) is 0 Å². The van der Waals surface area contributed by atoms with Gasteiger partial charge in [-0.3, -0.25) is 0 Å². The fourth-order valence-corrected chi connectivity index (χ4v) is 3.68. The molecule has 1 nitrogen and oxygen atoms in total. The highest BCUT2D eigenvalue weighted by molar-refractivity contribution is 5.66. The van der Waals surface area contributed by atoms with Gasteiger partial charge in [0.1, 0.15) is 0 Å². The standard InChI is InChI=1S/C20H25N/c1-14-5-4-6-16(11-14)17-7-8-20-18(13-17)12-15(2)19(20)9-10-21-3/h4-8,11,13,15,19,21H,9-10,12H2,1-3H3. The number of aryl methyl sites for hydroxylation is 1. The number of rotatable bonds is 4. The van der Waals surface area contributed by atoms with Gasteiger partial charge in [0, 0.05) is 0 Å². The number of nitrogens with one attached hydrogen (secondary N) is 1. The summed E-state index contributed by atoms with van der Waals surface area (Å²) in [4.78, 5) is 0. The van der Waals surface area contributed by atoms with Crippen molar-refractivity contribution in [3.63, 3.8) is 0 Å². The normalized spacial score (nSPS) is 20.5. The molecule has 0 bridgehead atoms. The van der Waals surface area contributed by atoms with Crippen molar-refractivity contribution in [3.05, 3.63) is 59.2 Å². The molecule has 1 aliphatic rings. The third-order valence-electron chi connectivity index (χ3n) is 4.83. The van der Waals surface area contributed by atoms with Crippen molar-refractivity contribution in [1.29, 1.82) is 0 Å². The summed E-state index contributed by atoms with van der Waals surface area (Å²) < 4.78 is 0. The van der Waals surface area contributed by atoms with Crippen LogP contribution in [0.2, 0.25) is 0 Å². The third kappa shape index (κ3) is 2.89. The van der Waals surface area contributed by atoms with Crippen LogP contribution in [0.5, 0.6) is 0 Å². The van der Waals surface area contributed by atoms with Gasteiger partial charge >= 0.3 is 0 Å². The summed E-state index contributed by atoms with van der Waals surface area (Å²) >= 11 is 0. The van der Waals surface area contributed by atoms with E-state index in [2.05, 4.69) is 61.6 Å². The zero-order valence-corrected chi connectivity index (χ0v) is 13.3. The van der Waals surface area contributed by atoms with Gasteiger partial charge in [0.05, 0.1) is 0 Å². The fraction of sp³-hybridized carbons (Fsp3) is 0.400. The molecule has 110 valence electrons. The average molecular weight is 279 g/mol. The van der Waals surface area contributed by atoms with Gasteiger partial charge in [0.15, 0.2) is 0 Å². The lowest BCUT2D eigenvalue weighted by Gasteiger charge is -2.16. The molecule has 0 saturated carbocycles. The van der Waals surface area contributed by atoms with Crippen LogP contribution in [0, 0.1) is 12.8 Å². The summed E-state index contributed by atoms with van der Waals surface area (Å²) in [5.41, 5.74) is 7.16. The Labute approximate surface area is 128 Å². The first-order valence-corrected chi connectivity index (χ1v) is 8.03. The highest BCUT2D eigenvalue weighted by Gasteiger charge is 2.28. The van der Waals surface area contributed by atoms with E-state index >= 15 is 0 Å². The van der Waals surface area contributed by atoms with Crippen LogP contribution in [0.15, 0.2) is 42.5 Å². The van der Waals surface area contributed by atoms with Gasteiger partial charge < -0.3 is 5.32 Å². The minimum absolute atomic E-state index is 0.721. The second-order valence-corrected chi connectivity index (χ2v) is 6.46. The van der Waals surface area contributed by atoms with Crippen LogP contribution in [0.3, 0.4) is 0 Å². The molecule has 0 heterocycles. The zero-order chi connectivity index (χ0) is 14.8. The van der Waals surface area contributed by atoms with Crippen LogP contribution in [0.1, 0.15) is 36.0 Å². The minimum Gasteiger partial charge on any atom is -0.320 e. The molecule has 1 heteroatoms. The predicted octanol–water partition coefficient (Wildman–Crippen LogP) is 4.55. The van der Waals surface area contributed by atoms with Crippen molar-refractivity contribution in [2.24, 2.45) is 5.92 Å². The Hall–Kier alpha value is -1.60. The Morgan fingerprint density at radius 3 is 2.67 bits per heavy atom. The Balaban J connectivity index is 1.91. The van der Waals surface area contributed by atoms with Crippen LogP contribution in [-0.4, -0.2) is 13.6 Å². The van der Waals surface area contributed by atoms with E-state index in [9.17, 15) is 0 Å². The number of benzene rings is 2. The Morgan fingerprint density at radius 1 is 1.10 bits per heavy atom. The summed E-state index contributed by atoms with van der Waals surface area (Å²) in [7, 11) is 2.04. The highest BCUT2D eigenvalue weighted by atomic mass is 14.8. The number of fused-ring (bicyclic) bond motifs is 1. The molecule has 2 aromatic rings. The lowest BCUT2D eigenvalue weighted by molar-refractivity contribution is 0.463. The average Bonchev–Trinajstić information content (AvgIpc) is 2.79. The van der Waals surface area contributed by atoms with Crippen molar-refractivity contribution in [2.45, 2.75) is 32.6 Å². The van der Waals surface area contributed by atoms with Crippen LogP contribution in [0.4, 0.5) is 0 Å². The van der Waals surface area contributed by atoms with E-state index in [1.54, 1.807) is 11.1 Å². The maximum atomic E-state index is 3.29. The molecular weight excluding hydrogens is 254 g/mol. The Kier molecular flexibility index (Phi) is 4.12. The SMILES string of the molecule is CNCCC1c2ccc(-c3cccc(C)c3)cc2CC1C. The second-order valence-electron chi connectivity index (χ2n) is 6.46. The van der Waals surface area contributed by atoms with E-state index in [1.807, 2.05) is 7.05 Å². The van der Waals surface area contributed by atoms with E-state index in [0.717, 1.165) is 18.4 Å². The highest BCUT2D eigenvalue weighted by Crippen LogP contribution is 2.41. The molecule has 2 aromatic carbocycles. The molecular formula is C20H25N. The van der Waals surface area contributed by atoms with E-state index in [0.29, 0.717) is 0 Å². The van der Waals surface area contributed by atoms with Crippen LogP contribution in [-0.2, 0) is 6.42 Å². The molecule has 2 unspecified atom stereocenters. The summed E-state index contributed by atoms with van der Waals surface area (Å²) in [5, 5.41) is 3.29. The monoisotopic (exact) mass is 279 g/mol. The van der Waals surface area contributed by atoms with Gasteiger partial charge in [-0.25, -0.2) is 0 Å². The molecule has 0 saturated heterocycles. The van der Waals surface area contributed by atoms with Gasteiger partial charge in [-0.15, -0.1) is 0 Å². The molecule has 0 amide bonds. The maximum Gasteiger partial charge on any atom is -0.00460 e. The maximum absolute atomic E-state index is 3.29. The van der Waals surface area contributed by atoms with Crippen molar-refractivity contribution in [1.82, 2.24) is 5.32 Å². The minimum atomic E-state index is 0.721. The molecule has 0 spiro atoms. The van der Waals surface area contributed by atoms with Gasteiger partial charge in [0.25, 0.3) is 0 Å². The smallest absolute Gasteiger partial charge is 0.00460 e. The first kappa shape index (κ1) is 14.3. The van der Waals surface area contributed by atoms with Gasteiger partial charge in [-0.1, -0.05) is 55.0 Å². The Morgan fingerprint density at radius 2 is 1.90 bits per heavy atom. The number of hydrogen-bond donors (Lipinski definition) is 1. The van der Waals surface area contributed by atoms with E-state index in [1.165, 1.54) is 29.5 Å². The van der Waals surface area contributed by atoms with Crippen LogP contribution < -0.4 is 5.32 Å². The summed E-state index contributed by atoms with van der Waals surface area (Å²) in [5.74, 6) is 1.49. The predicted molar refractivity (Wildman–Crippen MR) is 90.8 cm³/mol. The van der Waals surface area contributed by atoms with Crippen LogP contribution >= 0.6 is 0 Å². The number of hydrogen-bond acceptors (Lipinski definition) is 1. The van der Waals surface area contributed by atoms with Crippen molar-refractivity contribution in [3.8, 4) is 11.1 Å². The lowest BCUT2D eigenvalue weighted by Crippen LogP contribution is -2.14. The fourth-order valence-electron chi connectivity index (χ4n) is 3.68. The first-order chi connectivity index (χ1) is 10.2. The molecule has 0 radical (unpaired) electrons. The summed E-state index contributed by atoms with van der Waals surface area (Å²) in [6, 6.07) is 15.9. The van der Waals surface area contributed by atoms with E-state index < -0.39 is 0 Å². The Bertz CT molecular complexity index is 629. The largest absolute Gasteiger partial charge is 0.320 e. The van der Waals surface area contributed by atoms with Crippen molar-refractivity contribution in [2.75, 3.05) is 13.6 Å². The molecule has 1 aliphatic carbocycles. The molecule has 1 N–H and O–H groups in total. The van der Waals surface area contributed by atoms with Crippen LogP contribution in [0.25, 0.3) is 11.1 Å². The first-order valence-electron chi connectivity index (χ1n) is 8.03. The molecule has 0 aromatic heterocycles. The lowest BCUT2D eigenvalue weighted by atomic mass is 9.90. The van der Waals surface area contributed by atoms with Gasteiger partial charge in [-0.2, -0.15) is 0 Å². The molecule has 0 aliphatic heterocycles. The van der Waals surface area contributed by atoms with Crippen molar-refractivity contribution < 1.29 is 0 Å². The summed E-state index contributed by atoms with van der Waals surface area (Å²) in [6.45, 7) is 5.66. The zero-order valence-electron chi connectivity index (χ0n) is 13.3. The van der Waals surface area contributed by atoms with Gasteiger partial charge in [-0.05, 0) is 67.4 Å². The second kappa shape index (κ2) is 6.03. The summed E-state index contributed by atoms with van der Waals surface area (Å²) in [6.07, 6.45) is 2.47. The topological polar surface area (TPSA) is 12.0 Å². The van der Waals surface area contributed by atoms with E-state index in [-0.39, 0.29) is 0 Å².